The summed E-state index contributed by atoms with van der Waals surface area (Å²) in [6.45, 7) is 4.52. The fourth-order valence-electron chi connectivity index (χ4n) is 1.60. The van der Waals surface area contributed by atoms with Crippen LogP contribution in [0.5, 0.6) is 11.5 Å². The smallest absolute Gasteiger partial charge is 0.154 e. The van der Waals surface area contributed by atoms with Crippen molar-refractivity contribution in [1.29, 1.82) is 0 Å². The van der Waals surface area contributed by atoms with Crippen LogP contribution >= 0.6 is 0 Å². The van der Waals surface area contributed by atoms with E-state index in [0.717, 1.165) is 5.70 Å². The zero-order valence-electron chi connectivity index (χ0n) is 12.0. The van der Waals surface area contributed by atoms with Crippen LogP contribution in [0.25, 0.3) is 0 Å². The second-order valence-electron chi connectivity index (χ2n) is 4.32. The van der Waals surface area contributed by atoms with E-state index in [1.807, 2.05) is 6.92 Å². The Morgan fingerprint density at radius 3 is 2.80 bits per heavy atom. The van der Waals surface area contributed by atoms with Crippen molar-refractivity contribution in [3.05, 3.63) is 35.5 Å². The Morgan fingerprint density at radius 2 is 2.20 bits per heavy atom. The summed E-state index contributed by atoms with van der Waals surface area (Å²) in [7, 11) is 1.55. The normalized spacial score (nSPS) is 11.7. The van der Waals surface area contributed by atoms with Crippen molar-refractivity contribution in [2.24, 2.45) is 4.99 Å². The Kier molecular flexibility index (Phi) is 6.29. The monoisotopic (exact) mass is 276 g/mol. The third kappa shape index (κ3) is 5.56. The lowest BCUT2D eigenvalue weighted by atomic mass is 10.2. The van der Waals surface area contributed by atoms with Gasteiger partial charge in [-0.1, -0.05) is 0 Å². The summed E-state index contributed by atoms with van der Waals surface area (Å²) in [5, 5.41) is 12.8. The van der Waals surface area contributed by atoms with E-state index in [9.17, 15) is 9.90 Å². The number of phenols is 1. The summed E-state index contributed by atoms with van der Waals surface area (Å²) in [4.78, 5) is 15.0. The van der Waals surface area contributed by atoms with Crippen LogP contribution in [0.15, 0.2) is 35.0 Å². The molecule has 0 heterocycles. The largest absolute Gasteiger partial charge is 0.507 e. The lowest BCUT2D eigenvalue weighted by molar-refractivity contribution is -0.112. The first-order valence-corrected chi connectivity index (χ1v) is 6.32. The molecule has 0 bridgehead atoms. The number of methoxy groups -OCH3 is 1. The van der Waals surface area contributed by atoms with Gasteiger partial charge in [0.25, 0.3) is 0 Å². The number of hydrogen-bond donors (Lipinski definition) is 2. The van der Waals surface area contributed by atoms with E-state index in [2.05, 4.69) is 10.3 Å². The number of allylic oxidation sites excluding steroid dienone is 2. The molecule has 0 unspecified atom stereocenters. The number of nitrogens with zero attached hydrogens (tertiary/aromatic N) is 1. The van der Waals surface area contributed by atoms with Gasteiger partial charge >= 0.3 is 0 Å². The summed E-state index contributed by atoms with van der Waals surface area (Å²) in [6.07, 6.45) is 3.15. The van der Waals surface area contributed by atoms with Gasteiger partial charge < -0.3 is 15.2 Å². The molecule has 0 aliphatic rings. The standard InChI is InChI=1S/C15H20N2O3/c1-11(8-12(2)18)17-7-6-16-10-13-4-5-14(20-3)9-15(13)19/h4-5,8-10,17,19H,6-7H2,1-3H3/b11-8+,16-10?. The van der Waals surface area contributed by atoms with Crippen LogP contribution in [-0.4, -0.2) is 37.3 Å². The number of carbonyl (C=O) groups is 1. The molecule has 108 valence electrons. The molecule has 1 aromatic carbocycles. The number of hydrogen-bond acceptors (Lipinski definition) is 5. The van der Waals surface area contributed by atoms with Crippen molar-refractivity contribution < 1.29 is 14.6 Å². The first kappa shape index (κ1) is 15.8. The molecule has 0 saturated carbocycles. The van der Waals surface area contributed by atoms with Crippen molar-refractivity contribution >= 4 is 12.0 Å². The number of aliphatic imine (C=N–C) groups is 1. The summed E-state index contributed by atoms with van der Waals surface area (Å²) >= 11 is 0. The highest BCUT2D eigenvalue weighted by atomic mass is 16.5. The highest BCUT2D eigenvalue weighted by Crippen LogP contribution is 2.21. The van der Waals surface area contributed by atoms with E-state index in [-0.39, 0.29) is 11.5 Å². The van der Waals surface area contributed by atoms with Crippen molar-refractivity contribution in [1.82, 2.24) is 5.32 Å². The van der Waals surface area contributed by atoms with E-state index in [0.29, 0.717) is 24.4 Å². The van der Waals surface area contributed by atoms with Crippen LogP contribution in [-0.2, 0) is 4.79 Å². The molecule has 0 aromatic heterocycles. The molecule has 20 heavy (non-hydrogen) atoms. The Balaban J connectivity index is 2.44. The maximum atomic E-state index is 10.8. The molecule has 0 fully saturated rings. The number of rotatable bonds is 7. The quantitative estimate of drug-likeness (QED) is 0.453. The molecule has 0 spiro atoms. The molecule has 0 atom stereocenters. The molecular weight excluding hydrogens is 256 g/mol. The molecule has 0 radical (unpaired) electrons. The Bertz CT molecular complexity index is 522. The van der Waals surface area contributed by atoms with Crippen molar-refractivity contribution in [3.8, 4) is 11.5 Å². The molecule has 5 heteroatoms. The maximum Gasteiger partial charge on any atom is 0.154 e. The predicted molar refractivity (Wildman–Crippen MR) is 79.6 cm³/mol. The second kappa shape index (κ2) is 7.99. The van der Waals surface area contributed by atoms with Crippen molar-refractivity contribution in [2.45, 2.75) is 13.8 Å². The predicted octanol–water partition coefficient (Wildman–Crippen LogP) is 1.90. The molecule has 0 amide bonds. The highest BCUT2D eigenvalue weighted by Gasteiger charge is 1.99. The summed E-state index contributed by atoms with van der Waals surface area (Å²) in [5.41, 5.74) is 1.46. The molecule has 2 N–H and O–H groups in total. The lowest BCUT2D eigenvalue weighted by Gasteiger charge is -2.04. The zero-order valence-corrected chi connectivity index (χ0v) is 12.0. The van der Waals surface area contributed by atoms with Crippen molar-refractivity contribution in [3.63, 3.8) is 0 Å². The van der Waals surface area contributed by atoms with Crippen LogP contribution in [0, 0.1) is 0 Å². The van der Waals surface area contributed by atoms with Gasteiger partial charge in [0.15, 0.2) is 5.78 Å². The molecule has 1 aromatic rings. The first-order chi connectivity index (χ1) is 9.52. The SMILES string of the molecule is COc1ccc(C=NCCN/C(C)=C/C(C)=O)c(O)c1. The molecule has 1 rings (SSSR count). The fraction of sp³-hybridized carbons (Fsp3) is 0.333. The molecule has 0 aliphatic heterocycles. The van der Waals surface area contributed by atoms with Crippen LogP contribution in [0.2, 0.25) is 0 Å². The summed E-state index contributed by atoms with van der Waals surface area (Å²) in [6, 6.07) is 5.05. The number of phenolic OH excluding ortho intramolecular Hbond substituents is 1. The number of ether oxygens (including phenoxy) is 1. The van der Waals surface area contributed by atoms with Crippen LogP contribution in [0.4, 0.5) is 0 Å². The van der Waals surface area contributed by atoms with E-state index < -0.39 is 0 Å². The van der Waals surface area contributed by atoms with E-state index in [4.69, 9.17) is 4.74 Å². The number of ketones is 1. The molecule has 0 saturated heterocycles. The average molecular weight is 276 g/mol. The van der Waals surface area contributed by atoms with Crippen LogP contribution in [0.1, 0.15) is 19.4 Å². The van der Waals surface area contributed by atoms with Gasteiger partial charge in [0.1, 0.15) is 11.5 Å². The third-order valence-electron chi connectivity index (χ3n) is 2.53. The zero-order chi connectivity index (χ0) is 15.0. The Hall–Kier alpha value is -2.30. The van der Waals surface area contributed by atoms with E-state index >= 15 is 0 Å². The average Bonchev–Trinajstić information content (AvgIpc) is 2.39. The topological polar surface area (TPSA) is 70.9 Å². The second-order valence-corrected chi connectivity index (χ2v) is 4.32. The van der Waals surface area contributed by atoms with Crippen LogP contribution < -0.4 is 10.1 Å². The van der Waals surface area contributed by atoms with Gasteiger partial charge in [-0.15, -0.1) is 0 Å². The van der Waals surface area contributed by atoms with Gasteiger partial charge in [0.05, 0.1) is 13.7 Å². The molecule has 0 aliphatic carbocycles. The number of nitrogens with one attached hydrogen (secondary N) is 1. The summed E-state index contributed by atoms with van der Waals surface area (Å²) in [5.74, 6) is 0.752. The molecule has 5 nitrogen and oxygen atoms in total. The minimum atomic E-state index is 0.0154. The first-order valence-electron chi connectivity index (χ1n) is 6.32. The minimum Gasteiger partial charge on any atom is -0.507 e. The van der Waals surface area contributed by atoms with E-state index in [1.54, 1.807) is 37.6 Å². The van der Waals surface area contributed by atoms with Gasteiger partial charge in [-0.25, -0.2) is 0 Å². The van der Waals surface area contributed by atoms with Gasteiger partial charge in [0.2, 0.25) is 0 Å². The van der Waals surface area contributed by atoms with E-state index in [1.165, 1.54) is 6.92 Å². The lowest BCUT2D eigenvalue weighted by Crippen LogP contribution is -2.16. The van der Waals surface area contributed by atoms with Gasteiger partial charge in [0, 0.05) is 30.1 Å². The highest BCUT2D eigenvalue weighted by molar-refractivity contribution is 5.87. The molecular formula is C15H20N2O3. The van der Waals surface area contributed by atoms with Gasteiger partial charge in [-0.3, -0.25) is 9.79 Å². The Labute approximate surface area is 119 Å². The number of carbonyl (C=O) groups excluding carboxylic acids is 1. The van der Waals surface area contributed by atoms with Gasteiger partial charge in [-0.2, -0.15) is 0 Å². The fourth-order valence-corrected chi connectivity index (χ4v) is 1.60. The van der Waals surface area contributed by atoms with Crippen molar-refractivity contribution in [2.75, 3.05) is 20.2 Å². The van der Waals surface area contributed by atoms with Gasteiger partial charge in [-0.05, 0) is 32.1 Å². The Morgan fingerprint density at radius 1 is 1.45 bits per heavy atom. The van der Waals surface area contributed by atoms with Crippen LogP contribution in [0.3, 0.4) is 0 Å². The minimum absolute atomic E-state index is 0.0154. The summed E-state index contributed by atoms with van der Waals surface area (Å²) < 4.78 is 5.00. The third-order valence-corrected chi connectivity index (χ3v) is 2.53. The number of benzene rings is 1. The maximum absolute atomic E-state index is 10.8. The number of aromatic hydroxyl groups is 1.